The van der Waals surface area contributed by atoms with Crippen molar-refractivity contribution in [2.75, 3.05) is 13.1 Å². The summed E-state index contributed by atoms with van der Waals surface area (Å²) in [7, 11) is 0. The Bertz CT molecular complexity index is 230. The number of nitrogens with one attached hydrogen (secondary N) is 1. The van der Waals surface area contributed by atoms with Crippen LogP contribution in [0.5, 0.6) is 0 Å². The molecule has 0 aromatic carbocycles. The molecule has 0 bridgehead atoms. The molecule has 1 aliphatic heterocycles. The van der Waals surface area contributed by atoms with Crippen LogP contribution in [0.25, 0.3) is 0 Å². The normalized spacial score (nSPS) is 25.9. The minimum atomic E-state index is 0.115. The molecule has 1 amide bonds. The van der Waals surface area contributed by atoms with E-state index in [0.29, 0.717) is 17.9 Å². The molecule has 1 aliphatic carbocycles. The summed E-state index contributed by atoms with van der Waals surface area (Å²) in [5.74, 6) is 0.930. The molecule has 3 nitrogen and oxygen atoms in total. The van der Waals surface area contributed by atoms with Gasteiger partial charge in [0.15, 0.2) is 0 Å². The van der Waals surface area contributed by atoms with Crippen LogP contribution >= 0.6 is 0 Å². The molecule has 86 valence electrons. The Labute approximate surface area is 92.2 Å². The molecule has 0 spiro atoms. The third-order valence-corrected chi connectivity index (χ3v) is 3.19. The fourth-order valence-corrected chi connectivity index (χ4v) is 2.29. The summed E-state index contributed by atoms with van der Waals surface area (Å²) in [6.45, 7) is 6.31. The zero-order valence-electron chi connectivity index (χ0n) is 9.83. The van der Waals surface area contributed by atoms with E-state index in [1.165, 1.54) is 12.8 Å². The molecule has 0 aromatic rings. The molecule has 2 fully saturated rings. The van der Waals surface area contributed by atoms with Crippen molar-refractivity contribution in [2.24, 2.45) is 5.92 Å². The van der Waals surface area contributed by atoms with E-state index in [9.17, 15) is 4.79 Å². The predicted molar refractivity (Wildman–Crippen MR) is 60.6 cm³/mol. The van der Waals surface area contributed by atoms with Gasteiger partial charge in [0.2, 0.25) is 5.91 Å². The van der Waals surface area contributed by atoms with Gasteiger partial charge in [0.1, 0.15) is 0 Å². The molecule has 2 rings (SSSR count). The number of rotatable bonds is 4. The molecule has 0 aromatic heterocycles. The Morgan fingerprint density at radius 2 is 2.13 bits per heavy atom. The number of carbonyl (C=O) groups is 1. The first kappa shape index (κ1) is 10.9. The van der Waals surface area contributed by atoms with Crippen LogP contribution in [-0.4, -0.2) is 36.0 Å². The summed E-state index contributed by atoms with van der Waals surface area (Å²) >= 11 is 0. The summed E-state index contributed by atoms with van der Waals surface area (Å²) in [6.07, 6.45) is 4.60. The van der Waals surface area contributed by atoms with Crippen LogP contribution in [0.4, 0.5) is 0 Å². The van der Waals surface area contributed by atoms with Crippen LogP contribution in [0.15, 0.2) is 0 Å². The molecule has 0 radical (unpaired) electrons. The quantitative estimate of drug-likeness (QED) is 0.760. The molecule has 1 saturated carbocycles. The van der Waals surface area contributed by atoms with Gasteiger partial charge in [0.05, 0.1) is 6.04 Å². The lowest BCUT2D eigenvalue weighted by atomic mass is 10.1. The minimum Gasteiger partial charge on any atom is -0.338 e. The van der Waals surface area contributed by atoms with Crippen molar-refractivity contribution < 1.29 is 4.79 Å². The van der Waals surface area contributed by atoms with Crippen LogP contribution in [0.1, 0.15) is 39.5 Å². The van der Waals surface area contributed by atoms with E-state index < -0.39 is 0 Å². The van der Waals surface area contributed by atoms with Crippen molar-refractivity contribution >= 4 is 5.91 Å². The first-order valence-electron chi connectivity index (χ1n) is 6.22. The molecule has 0 unspecified atom stereocenters. The SMILES string of the molecule is CC(C)CN(C(=O)[C@@H]1CCCN1)C1CC1. The highest BCUT2D eigenvalue weighted by molar-refractivity contribution is 5.82. The Morgan fingerprint density at radius 3 is 2.60 bits per heavy atom. The number of nitrogens with zero attached hydrogens (tertiary/aromatic N) is 1. The lowest BCUT2D eigenvalue weighted by Crippen LogP contribution is -2.46. The molecule has 3 heteroatoms. The summed E-state index contributed by atoms with van der Waals surface area (Å²) in [5, 5.41) is 3.30. The van der Waals surface area contributed by atoms with Gasteiger partial charge >= 0.3 is 0 Å². The summed E-state index contributed by atoms with van der Waals surface area (Å²) in [4.78, 5) is 14.3. The first-order valence-corrected chi connectivity index (χ1v) is 6.22. The largest absolute Gasteiger partial charge is 0.338 e. The first-order chi connectivity index (χ1) is 7.18. The smallest absolute Gasteiger partial charge is 0.239 e. The second kappa shape index (κ2) is 4.52. The van der Waals surface area contributed by atoms with E-state index in [1.807, 2.05) is 0 Å². The van der Waals surface area contributed by atoms with Gasteiger partial charge in [0.25, 0.3) is 0 Å². The molecule has 15 heavy (non-hydrogen) atoms. The fraction of sp³-hybridized carbons (Fsp3) is 0.917. The maximum absolute atomic E-state index is 12.2. The van der Waals surface area contributed by atoms with E-state index in [-0.39, 0.29) is 6.04 Å². The second-order valence-electron chi connectivity index (χ2n) is 5.26. The monoisotopic (exact) mass is 210 g/mol. The van der Waals surface area contributed by atoms with E-state index >= 15 is 0 Å². The lowest BCUT2D eigenvalue weighted by Gasteiger charge is -2.27. The third kappa shape index (κ3) is 2.71. The molecule has 2 aliphatic rings. The van der Waals surface area contributed by atoms with Gasteiger partial charge in [-0.25, -0.2) is 0 Å². The average Bonchev–Trinajstić information content (AvgIpc) is 2.88. The average molecular weight is 210 g/mol. The second-order valence-corrected chi connectivity index (χ2v) is 5.26. The molecule has 1 heterocycles. The molecular weight excluding hydrogens is 188 g/mol. The lowest BCUT2D eigenvalue weighted by molar-refractivity contribution is -0.134. The number of carbonyl (C=O) groups excluding carboxylic acids is 1. The summed E-state index contributed by atoms with van der Waals surface area (Å²) in [6, 6.07) is 0.673. The van der Waals surface area contributed by atoms with E-state index in [4.69, 9.17) is 0 Å². The van der Waals surface area contributed by atoms with Crippen LogP contribution in [-0.2, 0) is 4.79 Å². The maximum Gasteiger partial charge on any atom is 0.239 e. The van der Waals surface area contributed by atoms with Crippen molar-refractivity contribution in [1.29, 1.82) is 0 Å². The topological polar surface area (TPSA) is 32.3 Å². The highest BCUT2D eigenvalue weighted by atomic mass is 16.2. The van der Waals surface area contributed by atoms with Crippen molar-refractivity contribution in [1.82, 2.24) is 10.2 Å². The van der Waals surface area contributed by atoms with Crippen molar-refractivity contribution in [3.8, 4) is 0 Å². The Hall–Kier alpha value is -0.570. The Morgan fingerprint density at radius 1 is 1.40 bits per heavy atom. The van der Waals surface area contributed by atoms with E-state index in [2.05, 4.69) is 24.1 Å². The standard InChI is InChI=1S/C12H22N2O/c1-9(2)8-14(10-5-6-10)12(15)11-4-3-7-13-11/h9-11,13H,3-8H2,1-2H3/t11-/m0/s1. The van der Waals surface area contributed by atoms with Gasteiger partial charge in [-0.3, -0.25) is 4.79 Å². The van der Waals surface area contributed by atoms with E-state index in [0.717, 1.165) is 25.9 Å². The van der Waals surface area contributed by atoms with Gasteiger partial charge in [0, 0.05) is 12.6 Å². The van der Waals surface area contributed by atoms with Crippen molar-refractivity contribution in [2.45, 2.75) is 51.6 Å². The fourth-order valence-electron chi connectivity index (χ4n) is 2.29. The third-order valence-electron chi connectivity index (χ3n) is 3.19. The van der Waals surface area contributed by atoms with Gasteiger partial charge in [-0.1, -0.05) is 13.8 Å². The van der Waals surface area contributed by atoms with E-state index in [1.54, 1.807) is 0 Å². The van der Waals surface area contributed by atoms with Crippen LogP contribution in [0.2, 0.25) is 0 Å². The highest BCUT2D eigenvalue weighted by Gasteiger charge is 2.36. The molecule has 1 atom stereocenters. The Balaban J connectivity index is 1.93. The zero-order chi connectivity index (χ0) is 10.8. The summed E-state index contributed by atoms with van der Waals surface area (Å²) in [5.41, 5.74) is 0. The number of hydrogen-bond donors (Lipinski definition) is 1. The van der Waals surface area contributed by atoms with Crippen molar-refractivity contribution in [3.05, 3.63) is 0 Å². The zero-order valence-corrected chi connectivity index (χ0v) is 9.83. The van der Waals surface area contributed by atoms with Crippen molar-refractivity contribution in [3.63, 3.8) is 0 Å². The number of hydrogen-bond acceptors (Lipinski definition) is 2. The summed E-state index contributed by atoms with van der Waals surface area (Å²) < 4.78 is 0. The van der Waals surface area contributed by atoms with Crippen LogP contribution < -0.4 is 5.32 Å². The number of amides is 1. The molecule has 1 saturated heterocycles. The Kier molecular flexibility index (Phi) is 3.29. The highest BCUT2D eigenvalue weighted by Crippen LogP contribution is 2.28. The van der Waals surface area contributed by atoms with Gasteiger partial charge < -0.3 is 10.2 Å². The van der Waals surface area contributed by atoms with Gasteiger partial charge in [-0.2, -0.15) is 0 Å². The van der Waals surface area contributed by atoms with Gasteiger partial charge in [-0.05, 0) is 38.1 Å². The minimum absolute atomic E-state index is 0.115. The van der Waals surface area contributed by atoms with Crippen LogP contribution in [0.3, 0.4) is 0 Å². The maximum atomic E-state index is 12.2. The predicted octanol–water partition coefficient (Wildman–Crippen LogP) is 1.39. The van der Waals surface area contributed by atoms with Crippen LogP contribution in [0, 0.1) is 5.92 Å². The van der Waals surface area contributed by atoms with Gasteiger partial charge in [-0.15, -0.1) is 0 Å². The molecule has 1 N–H and O–H groups in total. The molecular formula is C12H22N2O.